The van der Waals surface area contributed by atoms with Crippen LogP contribution < -0.4 is 0 Å². The molecule has 0 heterocycles. The van der Waals surface area contributed by atoms with Gasteiger partial charge in [-0.3, -0.25) is 0 Å². The summed E-state index contributed by atoms with van der Waals surface area (Å²) in [7, 11) is 0. The molecule has 23 heavy (non-hydrogen) atoms. The van der Waals surface area contributed by atoms with Crippen LogP contribution in [0, 0.1) is 0 Å². The highest BCUT2D eigenvalue weighted by atomic mass is 16.5. The number of esters is 1. The van der Waals surface area contributed by atoms with Crippen molar-refractivity contribution in [1.29, 1.82) is 0 Å². The van der Waals surface area contributed by atoms with Crippen LogP contribution in [0.15, 0.2) is 15.0 Å². The zero-order chi connectivity index (χ0) is 17.6. The first-order chi connectivity index (χ1) is 11.1. The first-order valence-electron chi connectivity index (χ1n) is 6.71. The predicted molar refractivity (Wildman–Crippen MR) is 74.7 cm³/mol. The third-order valence-electron chi connectivity index (χ3n) is 2.97. The fraction of sp³-hybridized carbons (Fsp3) is 0.692. The second kappa shape index (κ2) is 12.1. The summed E-state index contributed by atoms with van der Waals surface area (Å²) in [6.07, 6.45) is 2.62. The molecule has 10 nitrogen and oxygen atoms in total. The average Bonchev–Trinajstić information content (AvgIpc) is 2.56. The monoisotopic (exact) mass is 327 g/mol. The van der Waals surface area contributed by atoms with Crippen LogP contribution in [-0.2, 0) is 23.9 Å². The molecule has 0 aromatic rings. The fourth-order valence-corrected chi connectivity index (χ4v) is 1.80. The van der Waals surface area contributed by atoms with Crippen LogP contribution in [-0.4, -0.2) is 72.4 Å². The van der Waals surface area contributed by atoms with E-state index >= 15 is 0 Å². The molecular formula is C13H17N3O7. The number of aliphatic hydroxyl groups is 2. The highest BCUT2D eigenvalue weighted by Crippen LogP contribution is 2.25. The van der Waals surface area contributed by atoms with Gasteiger partial charge in [-0.2, -0.15) is 4.99 Å². The lowest BCUT2D eigenvalue weighted by Crippen LogP contribution is -2.51. The Kier molecular flexibility index (Phi) is 10.8. The maximum absolute atomic E-state index is 12.1. The number of aliphatic imine (C=N–C) groups is 3. The van der Waals surface area contributed by atoms with Crippen LogP contribution in [0.1, 0.15) is 19.3 Å². The van der Waals surface area contributed by atoms with Crippen LogP contribution in [0.4, 0.5) is 0 Å². The number of carbonyl (C=O) groups is 1. The Labute approximate surface area is 131 Å². The highest BCUT2D eigenvalue weighted by Gasteiger charge is 2.46. The van der Waals surface area contributed by atoms with Crippen molar-refractivity contribution in [2.24, 2.45) is 15.0 Å². The number of hydrogen-bond acceptors (Lipinski definition) is 10. The van der Waals surface area contributed by atoms with Gasteiger partial charge < -0.3 is 14.9 Å². The molecule has 0 aliphatic carbocycles. The Morgan fingerprint density at radius 2 is 1.74 bits per heavy atom. The van der Waals surface area contributed by atoms with Crippen LogP contribution in [0.3, 0.4) is 0 Å². The molecule has 10 heteroatoms. The summed E-state index contributed by atoms with van der Waals surface area (Å²) in [5.41, 5.74) is -2.02. The van der Waals surface area contributed by atoms with Crippen molar-refractivity contribution in [2.45, 2.75) is 30.9 Å². The van der Waals surface area contributed by atoms with E-state index in [1.54, 1.807) is 0 Å². The van der Waals surface area contributed by atoms with Crippen LogP contribution in [0.5, 0.6) is 0 Å². The van der Waals surface area contributed by atoms with Gasteiger partial charge in [0.1, 0.15) is 12.7 Å². The summed E-state index contributed by atoms with van der Waals surface area (Å²) in [6, 6.07) is 0. The third-order valence-corrected chi connectivity index (χ3v) is 2.97. The average molecular weight is 327 g/mol. The van der Waals surface area contributed by atoms with Crippen molar-refractivity contribution in [1.82, 2.24) is 0 Å². The van der Waals surface area contributed by atoms with E-state index in [1.165, 1.54) is 18.2 Å². The lowest BCUT2D eigenvalue weighted by Gasteiger charge is -2.29. The van der Waals surface area contributed by atoms with E-state index < -0.39 is 24.2 Å². The molecule has 0 saturated carbocycles. The first-order valence-corrected chi connectivity index (χ1v) is 6.71. The molecule has 2 unspecified atom stereocenters. The number of isocyanates is 3. The Morgan fingerprint density at radius 1 is 1.09 bits per heavy atom. The molecule has 0 radical (unpaired) electrons. The zero-order valence-corrected chi connectivity index (χ0v) is 12.3. The van der Waals surface area contributed by atoms with Gasteiger partial charge in [-0.25, -0.2) is 29.2 Å². The van der Waals surface area contributed by atoms with Crippen LogP contribution in [0.25, 0.3) is 0 Å². The summed E-state index contributed by atoms with van der Waals surface area (Å²) in [5, 5.41) is 19.0. The summed E-state index contributed by atoms with van der Waals surface area (Å²) >= 11 is 0. The number of unbranched alkanes of at least 4 members (excludes halogenated alkanes) is 1. The smallest absolute Gasteiger partial charge is 0.337 e. The molecule has 0 aromatic carbocycles. The van der Waals surface area contributed by atoms with Crippen molar-refractivity contribution in [2.75, 3.05) is 26.3 Å². The lowest BCUT2D eigenvalue weighted by atomic mass is 9.87. The molecule has 2 N–H and O–H groups in total. The molecule has 0 aromatic heterocycles. The van der Waals surface area contributed by atoms with Gasteiger partial charge in [0.2, 0.25) is 18.2 Å². The molecule has 0 rings (SSSR count). The number of hydrogen-bond donors (Lipinski definition) is 2. The first kappa shape index (κ1) is 20.5. The number of carbonyl (C=O) groups excluding carboxylic acids is 4. The van der Waals surface area contributed by atoms with E-state index in [9.17, 15) is 24.3 Å². The standard InChI is InChI=1S/C13H17N3O7/c17-7-11(21)13(16-10-20,3-1-2-4-14-8-18)12(22)23-6-5-15-9-19/h11,17,21H,1-7H2. The van der Waals surface area contributed by atoms with Crippen LogP contribution >= 0.6 is 0 Å². The van der Waals surface area contributed by atoms with Crippen LogP contribution in [0.2, 0.25) is 0 Å². The quantitative estimate of drug-likeness (QED) is 0.197. The zero-order valence-electron chi connectivity index (χ0n) is 12.3. The maximum atomic E-state index is 12.1. The third kappa shape index (κ3) is 6.88. The number of rotatable bonds is 12. The van der Waals surface area contributed by atoms with E-state index in [0.717, 1.165) is 0 Å². The van der Waals surface area contributed by atoms with Gasteiger partial charge in [0.05, 0.1) is 19.7 Å². The molecule has 0 fully saturated rings. The number of nitrogens with zero attached hydrogens (tertiary/aromatic N) is 3. The molecule has 126 valence electrons. The van der Waals surface area contributed by atoms with E-state index in [0.29, 0.717) is 6.42 Å². The summed E-state index contributed by atoms with van der Waals surface area (Å²) in [6.45, 7) is -1.10. The molecular weight excluding hydrogens is 310 g/mol. The minimum Gasteiger partial charge on any atom is -0.462 e. The van der Waals surface area contributed by atoms with Gasteiger partial charge in [-0.1, -0.05) is 0 Å². The van der Waals surface area contributed by atoms with Gasteiger partial charge in [0, 0.05) is 0 Å². The lowest BCUT2D eigenvalue weighted by molar-refractivity contribution is -0.156. The van der Waals surface area contributed by atoms with Crippen molar-refractivity contribution in [3.8, 4) is 0 Å². The molecule has 0 aliphatic heterocycles. The minimum atomic E-state index is -2.02. The minimum absolute atomic E-state index is 0.131. The Hall–Kier alpha value is -2.47. The van der Waals surface area contributed by atoms with E-state index in [4.69, 9.17) is 9.84 Å². The van der Waals surface area contributed by atoms with Crippen molar-refractivity contribution >= 4 is 24.2 Å². The second-order valence-electron chi connectivity index (χ2n) is 4.36. The molecule has 0 amide bonds. The molecule has 2 atom stereocenters. The second-order valence-corrected chi connectivity index (χ2v) is 4.36. The topological polar surface area (TPSA) is 155 Å². The number of aliphatic hydroxyl groups excluding tert-OH is 2. The number of ether oxygens (including phenoxy) is 1. The van der Waals surface area contributed by atoms with Crippen molar-refractivity contribution in [3.05, 3.63) is 0 Å². The van der Waals surface area contributed by atoms with E-state index in [1.807, 2.05) is 0 Å². The van der Waals surface area contributed by atoms with E-state index in [2.05, 4.69) is 15.0 Å². The summed E-state index contributed by atoms with van der Waals surface area (Å²) in [4.78, 5) is 52.5. The highest BCUT2D eigenvalue weighted by molar-refractivity contribution is 5.83. The Balaban J connectivity index is 5.07. The fourth-order valence-electron chi connectivity index (χ4n) is 1.80. The Morgan fingerprint density at radius 3 is 2.30 bits per heavy atom. The summed E-state index contributed by atoms with van der Waals surface area (Å²) < 4.78 is 4.82. The SMILES string of the molecule is O=C=NCCCCC(N=C=O)(C(=O)OCCN=C=O)C(O)CO. The predicted octanol–water partition coefficient (Wildman–Crippen LogP) is -1.20. The van der Waals surface area contributed by atoms with Gasteiger partial charge in [-0.15, -0.1) is 0 Å². The van der Waals surface area contributed by atoms with Crippen molar-refractivity contribution in [3.63, 3.8) is 0 Å². The van der Waals surface area contributed by atoms with Gasteiger partial charge in [0.25, 0.3) is 0 Å². The maximum Gasteiger partial charge on any atom is 0.337 e. The van der Waals surface area contributed by atoms with Gasteiger partial charge >= 0.3 is 5.97 Å². The molecule has 0 saturated heterocycles. The van der Waals surface area contributed by atoms with Gasteiger partial charge in [-0.05, 0) is 19.3 Å². The molecule has 0 bridgehead atoms. The molecule has 0 aliphatic rings. The Bertz CT molecular complexity index is 520. The van der Waals surface area contributed by atoms with Gasteiger partial charge in [0.15, 0.2) is 5.54 Å². The molecule has 0 spiro atoms. The summed E-state index contributed by atoms with van der Waals surface area (Å²) in [5.74, 6) is -1.05. The normalized spacial score (nSPS) is 13.5. The van der Waals surface area contributed by atoms with Crippen molar-refractivity contribution < 1.29 is 34.1 Å². The van der Waals surface area contributed by atoms with E-state index in [-0.39, 0.29) is 32.5 Å². The largest absolute Gasteiger partial charge is 0.462 e.